The van der Waals surface area contributed by atoms with Crippen molar-refractivity contribution in [3.63, 3.8) is 0 Å². The third-order valence-electron chi connectivity index (χ3n) is 2.43. The van der Waals surface area contributed by atoms with Gasteiger partial charge in [-0.1, -0.05) is 25.3 Å². The van der Waals surface area contributed by atoms with E-state index >= 15 is 0 Å². The second kappa shape index (κ2) is 11.5. The molecular formula is C15H21NO5. The van der Waals surface area contributed by atoms with E-state index in [2.05, 4.69) is 13.2 Å². The Morgan fingerprint density at radius 2 is 1.48 bits per heavy atom. The van der Waals surface area contributed by atoms with Gasteiger partial charge >= 0.3 is 11.9 Å². The molecule has 0 unspecified atom stereocenters. The van der Waals surface area contributed by atoms with E-state index in [0.717, 1.165) is 12.2 Å². The second-order valence-electron chi connectivity index (χ2n) is 3.90. The first-order chi connectivity index (χ1) is 10.0. The first-order valence-electron chi connectivity index (χ1n) is 6.52. The van der Waals surface area contributed by atoms with Crippen molar-refractivity contribution in [2.24, 2.45) is 0 Å². The van der Waals surface area contributed by atoms with Crippen LogP contribution in [-0.2, 0) is 23.9 Å². The van der Waals surface area contributed by atoms with E-state index in [4.69, 9.17) is 9.47 Å². The Morgan fingerprint density at radius 1 is 1.00 bits per heavy atom. The van der Waals surface area contributed by atoms with Crippen LogP contribution in [0.1, 0.15) is 13.3 Å². The number of hydrogen-bond acceptors (Lipinski definition) is 5. The van der Waals surface area contributed by atoms with E-state index in [1.165, 1.54) is 4.90 Å². The van der Waals surface area contributed by atoms with E-state index in [9.17, 15) is 14.4 Å². The summed E-state index contributed by atoms with van der Waals surface area (Å²) in [7, 11) is 0. The fraction of sp³-hybridized carbons (Fsp3) is 0.400. The van der Waals surface area contributed by atoms with E-state index in [-0.39, 0.29) is 38.6 Å². The van der Waals surface area contributed by atoms with Gasteiger partial charge in [-0.2, -0.15) is 0 Å². The lowest BCUT2D eigenvalue weighted by molar-refractivity contribution is -0.142. The molecule has 0 aromatic heterocycles. The average Bonchev–Trinajstić information content (AvgIpc) is 2.50. The number of esters is 2. The molecule has 0 spiro atoms. The summed E-state index contributed by atoms with van der Waals surface area (Å²) in [5, 5.41) is 0. The Hall–Kier alpha value is -2.37. The highest BCUT2D eigenvalue weighted by molar-refractivity contribution is 5.81. The van der Waals surface area contributed by atoms with Gasteiger partial charge in [0, 0.05) is 18.6 Å². The minimum absolute atomic E-state index is 0.0574. The first-order valence-corrected chi connectivity index (χ1v) is 6.52. The lowest BCUT2D eigenvalue weighted by atomic mass is 10.3. The Kier molecular flexibility index (Phi) is 10.2. The average molecular weight is 295 g/mol. The molecule has 0 radical (unpaired) electrons. The quantitative estimate of drug-likeness (QED) is 0.344. The Bertz CT molecular complexity index is 388. The first kappa shape index (κ1) is 18.6. The van der Waals surface area contributed by atoms with Gasteiger partial charge in [-0.3, -0.25) is 4.79 Å². The summed E-state index contributed by atoms with van der Waals surface area (Å²) in [5.74, 6) is -1.24. The van der Waals surface area contributed by atoms with Gasteiger partial charge in [0.15, 0.2) is 0 Å². The minimum atomic E-state index is -0.547. The molecule has 0 saturated carbocycles. The maximum Gasteiger partial charge on any atom is 0.330 e. The predicted octanol–water partition coefficient (Wildman–Crippen LogP) is 1.24. The van der Waals surface area contributed by atoms with Crippen molar-refractivity contribution in [3.8, 4) is 0 Å². The zero-order valence-corrected chi connectivity index (χ0v) is 12.2. The number of nitrogens with zero attached hydrogens (tertiary/aromatic N) is 1. The Morgan fingerprint density at radius 3 is 1.86 bits per heavy atom. The van der Waals surface area contributed by atoms with Crippen LogP contribution in [0.2, 0.25) is 0 Å². The van der Waals surface area contributed by atoms with Crippen LogP contribution in [0.25, 0.3) is 0 Å². The van der Waals surface area contributed by atoms with Crippen LogP contribution in [0.3, 0.4) is 0 Å². The molecular weight excluding hydrogens is 274 g/mol. The van der Waals surface area contributed by atoms with Gasteiger partial charge in [0.2, 0.25) is 5.91 Å². The summed E-state index contributed by atoms with van der Waals surface area (Å²) in [5.41, 5.74) is 0. The number of ether oxygens (including phenoxy) is 2. The molecule has 0 aromatic rings. The second-order valence-corrected chi connectivity index (χ2v) is 3.90. The van der Waals surface area contributed by atoms with Crippen LogP contribution < -0.4 is 0 Å². The molecule has 0 aliphatic rings. The maximum absolute atomic E-state index is 11.9. The number of carbonyl (C=O) groups excluding carboxylic acids is 3. The van der Waals surface area contributed by atoms with Gasteiger partial charge < -0.3 is 14.4 Å². The number of amides is 1. The van der Waals surface area contributed by atoms with Crippen molar-refractivity contribution in [2.45, 2.75) is 13.3 Å². The van der Waals surface area contributed by atoms with E-state index in [1.807, 2.05) is 6.92 Å². The highest BCUT2D eigenvalue weighted by Gasteiger charge is 2.13. The molecule has 0 atom stereocenters. The highest BCUT2D eigenvalue weighted by atomic mass is 16.5. The fourth-order valence-electron chi connectivity index (χ4n) is 1.34. The van der Waals surface area contributed by atoms with Gasteiger partial charge in [-0.05, 0) is 6.92 Å². The SMILES string of the molecule is C=CC(=O)OCCN(CCOC(=O)C=C)C(=O)C/C=C\C. The normalized spacial score (nSPS) is 9.95. The summed E-state index contributed by atoms with van der Waals surface area (Å²) in [6, 6.07) is 0. The Labute approximate surface area is 124 Å². The monoisotopic (exact) mass is 295 g/mol. The van der Waals surface area contributed by atoms with Gasteiger partial charge in [-0.25, -0.2) is 9.59 Å². The van der Waals surface area contributed by atoms with Crippen LogP contribution in [0, 0.1) is 0 Å². The van der Waals surface area contributed by atoms with Gasteiger partial charge in [0.1, 0.15) is 13.2 Å². The van der Waals surface area contributed by atoms with Crippen molar-refractivity contribution in [1.82, 2.24) is 4.90 Å². The third-order valence-corrected chi connectivity index (χ3v) is 2.43. The summed E-state index contributed by atoms with van der Waals surface area (Å²) < 4.78 is 9.66. The van der Waals surface area contributed by atoms with Gasteiger partial charge in [0.05, 0.1) is 13.1 Å². The number of hydrogen-bond donors (Lipinski definition) is 0. The third kappa shape index (κ3) is 9.21. The molecule has 0 fully saturated rings. The van der Waals surface area contributed by atoms with E-state index in [0.29, 0.717) is 0 Å². The fourth-order valence-corrected chi connectivity index (χ4v) is 1.34. The Balaban J connectivity index is 4.35. The summed E-state index contributed by atoms with van der Waals surface area (Å²) in [4.78, 5) is 35.3. The summed E-state index contributed by atoms with van der Waals surface area (Å²) in [6.45, 7) is 8.94. The van der Waals surface area contributed by atoms with Crippen molar-refractivity contribution < 1.29 is 23.9 Å². The van der Waals surface area contributed by atoms with Crippen molar-refractivity contribution in [3.05, 3.63) is 37.5 Å². The largest absolute Gasteiger partial charge is 0.461 e. The van der Waals surface area contributed by atoms with Crippen LogP contribution in [0.4, 0.5) is 0 Å². The topological polar surface area (TPSA) is 72.9 Å². The van der Waals surface area contributed by atoms with Gasteiger partial charge in [-0.15, -0.1) is 0 Å². The lowest BCUT2D eigenvalue weighted by Gasteiger charge is -2.21. The smallest absolute Gasteiger partial charge is 0.330 e. The van der Waals surface area contributed by atoms with Crippen LogP contribution in [0.15, 0.2) is 37.5 Å². The highest BCUT2D eigenvalue weighted by Crippen LogP contribution is 1.98. The number of allylic oxidation sites excluding steroid dienone is 1. The number of rotatable bonds is 10. The molecule has 6 nitrogen and oxygen atoms in total. The predicted molar refractivity (Wildman–Crippen MR) is 78.3 cm³/mol. The van der Waals surface area contributed by atoms with E-state index < -0.39 is 11.9 Å². The molecule has 21 heavy (non-hydrogen) atoms. The van der Waals surface area contributed by atoms with Crippen LogP contribution in [0.5, 0.6) is 0 Å². The maximum atomic E-state index is 11.9. The summed E-state index contributed by atoms with van der Waals surface area (Å²) in [6.07, 6.45) is 5.84. The van der Waals surface area contributed by atoms with Crippen LogP contribution in [-0.4, -0.2) is 49.0 Å². The zero-order valence-electron chi connectivity index (χ0n) is 12.2. The molecule has 0 bridgehead atoms. The molecule has 0 aromatic carbocycles. The molecule has 0 aliphatic heterocycles. The molecule has 0 rings (SSSR count). The molecule has 1 amide bonds. The van der Waals surface area contributed by atoms with Crippen molar-refractivity contribution in [1.29, 1.82) is 0 Å². The standard InChI is InChI=1S/C15H21NO5/c1-4-7-8-13(17)16(9-11-20-14(18)5-2)10-12-21-15(19)6-3/h4-7H,2-3,8-12H2,1H3/b7-4-. The molecule has 116 valence electrons. The van der Waals surface area contributed by atoms with Crippen molar-refractivity contribution in [2.75, 3.05) is 26.3 Å². The van der Waals surface area contributed by atoms with Crippen molar-refractivity contribution >= 4 is 17.8 Å². The molecule has 6 heteroatoms. The molecule has 0 aliphatic carbocycles. The molecule has 0 N–H and O–H groups in total. The lowest BCUT2D eigenvalue weighted by Crippen LogP contribution is -2.36. The number of carbonyl (C=O) groups is 3. The molecule has 0 saturated heterocycles. The van der Waals surface area contributed by atoms with Crippen LogP contribution >= 0.6 is 0 Å². The summed E-state index contributed by atoms with van der Waals surface area (Å²) >= 11 is 0. The molecule has 0 heterocycles. The van der Waals surface area contributed by atoms with Gasteiger partial charge in [0.25, 0.3) is 0 Å². The minimum Gasteiger partial charge on any atom is -0.461 e. The van der Waals surface area contributed by atoms with E-state index in [1.54, 1.807) is 12.2 Å². The zero-order chi connectivity index (χ0) is 16.1.